The van der Waals surface area contributed by atoms with E-state index in [1.54, 1.807) is 0 Å². The maximum atomic E-state index is 12.2. The number of carbonyl (C=O) groups excluding carboxylic acids is 1. The minimum absolute atomic E-state index is 0.240. The normalized spacial score (nSPS) is 12.2. The molecule has 2 amide bonds. The predicted molar refractivity (Wildman–Crippen MR) is 103 cm³/mol. The first kappa shape index (κ1) is 17.8. The number of ether oxygens (including phenoxy) is 1. The van der Waals surface area contributed by atoms with Crippen LogP contribution in [0.2, 0.25) is 0 Å². The van der Waals surface area contributed by atoms with Gasteiger partial charge < -0.3 is 20.4 Å². The molecule has 26 heavy (non-hydrogen) atoms. The smallest absolute Gasteiger partial charge is 0.319 e. The average Bonchev–Trinajstić information content (AvgIpc) is 3.05. The van der Waals surface area contributed by atoms with Gasteiger partial charge in [-0.15, -0.1) is 0 Å². The second-order valence-corrected chi connectivity index (χ2v) is 6.69. The number of fused-ring (bicyclic) bond motifs is 1. The lowest BCUT2D eigenvalue weighted by Gasteiger charge is -2.13. The van der Waals surface area contributed by atoms with Crippen molar-refractivity contribution in [2.75, 3.05) is 11.9 Å². The van der Waals surface area contributed by atoms with Crippen LogP contribution in [0, 0.1) is 5.92 Å². The van der Waals surface area contributed by atoms with Crippen LogP contribution in [-0.4, -0.2) is 22.6 Å². The molecule has 3 aromatic rings. The van der Waals surface area contributed by atoms with Crippen LogP contribution in [0.3, 0.4) is 0 Å². The zero-order valence-electron chi connectivity index (χ0n) is 15.2. The van der Waals surface area contributed by atoms with Crippen molar-refractivity contribution in [1.29, 1.82) is 0 Å². The molecule has 0 spiro atoms. The SMILES string of the molecule is CC(C)COc1ccc(NC(=O)NC(C)c2nc3ccccc3[nH]2)cc1. The number of aromatic amines is 1. The van der Waals surface area contributed by atoms with Gasteiger partial charge in [0, 0.05) is 5.69 Å². The number of anilines is 1. The summed E-state index contributed by atoms with van der Waals surface area (Å²) in [6, 6.07) is 14.6. The van der Waals surface area contributed by atoms with E-state index in [9.17, 15) is 4.79 Å². The largest absolute Gasteiger partial charge is 0.493 e. The summed E-state index contributed by atoms with van der Waals surface area (Å²) in [5, 5.41) is 5.71. The lowest BCUT2D eigenvalue weighted by Crippen LogP contribution is -2.31. The van der Waals surface area contributed by atoms with Crippen molar-refractivity contribution in [2.24, 2.45) is 5.92 Å². The van der Waals surface area contributed by atoms with Crippen LogP contribution in [0.4, 0.5) is 10.5 Å². The third kappa shape index (κ3) is 4.53. The van der Waals surface area contributed by atoms with Crippen LogP contribution < -0.4 is 15.4 Å². The van der Waals surface area contributed by atoms with Crippen molar-refractivity contribution in [3.8, 4) is 5.75 Å². The van der Waals surface area contributed by atoms with Gasteiger partial charge in [0.1, 0.15) is 11.6 Å². The molecule has 0 saturated heterocycles. The highest BCUT2D eigenvalue weighted by atomic mass is 16.5. The zero-order valence-corrected chi connectivity index (χ0v) is 15.2. The van der Waals surface area contributed by atoms with E-state index >= 15 is 0 Å². The molecule has 0 aliphatic heterocycles. The van der Waals surface area contributed by atoms with Gasteiger partial charge >= 0.3 is 6.03 Å². The van der Waals surface area contributed by atoms with Gasteiger partial charge in [0.15, 0.2) is 0 Å². The fraction of sp³-hybridized carbons (Fsp3) is 0.300. The van der Waals surface area contributed by atoms with Crippen molar-refractivity contribution in [1.82, 2.24) is 15.3 Å². The summed E-state index contributed by atoms with van der Waals surface area (Å²) in [6.45, 7) is 6.76. The van der Waals surface area contributed by atoms with Crippen molar-refractivity contribution in [3.05, 3.63) is 54.4 Å². The van der Waals surface area contributed by atoms with E-state index in [4.69, 9.17) is 4.74 Å². The topological polar surface area (TPSA) is 79.0 Å². The second-order valence-electron chi connectivity index (χ2n) is 6.69. The van der Waals surface area contributed by atoms with Crippen molar-refractivity contribution in [2.45, 2.75) is 26.8 Å². The summed E-state index contributed by atoms with van der Waals surface area (Å²) >= 11 is 0. The molecule has 0 saturated carbocycles. The van der Waals surface area contributed by atoms with E-state index in [-0.39, 0.29) is 12.1 Å². The predicted octanol–water partition coefficient (Wildman–Crippen LogP) is 4.48. The Morgan fingerprint density at radius 3 is 2.54 bits per heavy atom. The summed E-state index contributed by atoms with van der Waals surface area (Å²) in [4.78, 5) is 19.9. The number of benzene rings is 2. The van der Waals surface area contributed by atoms with Crippen molar-refractivity contribution >= 4 is 22.8 Å². The molecule has 1 heterocycles. The van der Waals surface area contributed by atoms with Gasteiger partial charge in [0.25, 0.3) is 0 Å². The number of H-pyrrole nitrogens is 1. The van der Waals surface area contributed by atoms with Gasteiger partial charge in [0.05, 0.1) is 23.7 Å². The van der Waals surface area contributed by atoms with Crippen LogP contribution in [0.5, 0.6) is 5.75 Å². The van der Waals surface area contributed by atoms with Crippen LogP contribution in [0.15, 0.2) is 48.5 Å². The minimum Gasteiger partial charge on any atom is -0.493 e. The number of nitrogens with one attached hydrogen (secondary N) is 3. The number of carbonyl (C=O) groups is 1. The highest BCUT2D eigenvalue weighted by molar-refractivity contribution is 5.89. The summed E-state index contributed by atoms with van der Waals surface area (Å²) < 4.78 is 5.64. The number of aromatic nitrogens is 2. The Labute approximate surface area is 153 Å². The Morgan fingerprint density at radius 1 is 1.12 bits per heavy atom. The Balaban J connectivity index is 1.56. The highest BCUT2D eigenvalue weighted by Gasteiger charge is 2.13. The molecule has 6 heteroatoms. The van der Waals surface area contributed by atoms with Crippen molar-refractivity contribution < 1.29 is 9.53 Å². The summed E-state index contributed by atoms with van der Waals surface area (Å²) in [5.74, 6) is 1.98. The van der Waals surface area contributed by atoms with Gasteiger partial charge in [-0.2, -0.15) is 0 Å². The highest BCUT2D eigenvalue weighted by Crippen LogP contribution is 2.18. The number of hydrogen-bond donors (Lipinski definition) is 3. The first-order valence-electron chi connectivity index (χ1n) is 8.76. The van der Waals surface area contributed by atoms with Crippen LogP contribution >= 0.6 is 0 Å². The molecule has 0 aliphatic rings. The molecule has 136 valence electrons. The number of amides is 2. The molecule has 1 unspecified atom stereocenters. The third-order valence-corrected chi connectivity index (χ3v) is 3.86. The van der Waals surface area contributed by atoms with E-state index in [1.807, 2.05) is 55.5 Å². The monoisotopic (exact) mass is 352 g/mol. The zero-order chi connectivity index (χ0) is 18.5. The molecular weight excluding hydrogens is 328 g/mol. The molecule has 1 aromatic heterocycles. The molecule has 1 atom stereocenters. The second kappa shape index (κ2) is 7.91. The summed E-state index contributed by atoms with van der Waals surface area (Å²) in [7, 11) is 0. The Bertz CT molecular complexity index is 838. The first-order chi connectivity index (χ1) is 12.5. The summed E-state index contributed by atoms with van der Waals surface area (Å²) in [6.07, 6.45) is 0. The van der Waals surface area contributed by atoms with Crippen LogP contribution in [0.25, 0.3) is 11.0 Å². The molecule has 0 aliphatic carbocycles. The van der Waals surface area contributed by atoms with E-state index in [0.717, 1.165) is 22.6 Å². The Morgan fingerprint density at radius 2 is 1.85 bits per heavy atom. The fourth-order valence-electron chi connectivity index (χ4n) is 2.51. The molecule has 3 rings (SSSR count). The maximum absolute atomic E-state index is 12.2. The lowest BCUT2D eigenvalue weighted by molar-refractivity contribution is 0.249. The first-order valence-corrected chi connectivity index (χ1v) is 8.76. The van der Waals surface area contributed by atoms with E-state index in [0.29, 0.717) is 18.2 Å². The van der Waals surface area contributed by atoms with Gasteiger partial charge in [-0.1, -0.05) is 26.0 Å². The minimum atomic E-state index is -0.284. The number of rotatable bonds is 6. The Kier molecular flexibility index (Phi) is 5.41. The molecule has 2 aromatic carbocycles. The van der Waals surface area contributed by atoms with E-state index < -0.39 is 0 Å². The number of imidazole rings is 1. The molecule has 3 N–H and O–H groups in total. The number of nitrogens with zero attached hydrogens (tertiary/aromatic N) is 1. The maximum Gasteiger partial charge on any atom is 0.319 e. The molecule has 0 fully saturated rings. The van der Waals surface area contributed by atoms with Gasteiger partial charge in [0.2, 0.25) is 0 Å². The fourth-order valence-corrected chi connectivity index (χ4v) is 2.51. The number of para-hydroxylation sites is 2. The standard InChI is InChI=1S/C20H24N4O2/c1-13(2)12-26-16-10-8-15(9-11-16)22-20(25)21-14(3)19-23-17-6-4-5-7-18(17)24-19/h4-11,13-14H,12H2,1-3H3,(H,23,24)(H2,21,22,25). The van der Waals surface area contributed by atoms with Crippen molar-refractivity contribution in [3.63, 3.8) is 0 Å². The average molecular weight is 352 g/mol. The van der Waals surface area contributed by atoms with E-state index in [1.165, 1.54) is 0 Å². The van der Waals surface area contributed by atoms with E-state index in [2.05, 4.69) is 34.4 Å². The van der Waals surface area contributed by atoms with Gasteiger partial charge in [-0.05, 0) is 49.2 Å². The lowest BCUT2D eigenvalue weighted by atomic mass is 10.2. The molecule has 0 bridgehead atoms. The quantitative estimate of drug-likeness (QED) is 0.612. The number of hydrogen-bond acceptors (Lipinski definition) is 3. The van der Waals surface area contributed by atoms with Crippen LogP contribution in [-0.2, 0) is 0 Å². The van der Waals surface area contributed by atoms with Gasteiger partial charge in [-0.25, -0.2) is 9.78 Å². The Hall–Kier alpha value is -3.02. The number of urea groups is 1. The van der Waals surface area contributed by atoms with Crippen LogP contribution in [0.1, 0.15) is 32.6 Å². The molecular formula is C20H24N4O2. The summed E-state index contributed by atoms with van der Waals surface area (Å²) in [5.41, 5.74) is 2.54. The third-order valence-electron chi connectivity index (χ3n) is 3.86. The molecule has 0 radical (unpaired) electrons. The van der Waals surface area contributed by atoms with Gasteiger partial charge in [-0.3, -0.25) is 0 Å². The molecule has 6 nitrogen and oxygen atoms in total.